The average molecular weight is 488 g/mol. The Hall–Kier alpha value is -2.54. The second-order valence-electron chi connectivity index (χ2n) is 12.1. The van der Waals surface area contributed by atoms with E-state index in [1.54, 1.807) is 7.11 Å². The molecule has 0 bridgehead atoms. The van der Waals surface area contributed by atoms with Crippen LogP contribution in [0.2, 0.25) is 0 Å². The van der Waals surface area contributed by atoms with Crippen molar-refractivity contribution in [2.24, 2.45) is 28.6 Å². The van der Waals surface area contributed by atoms with Crippen molar-refractivity contribution in [3.05, 3.63) is 41.5 Å². The Morgan fingerprint density at radius 3 is 2.31 bits per heavy atom. The van der Waals surface area contributed by atoms with Crippen molar-refractivity contribution in [2.75, 3.05) is 20.3 Å². The number of nitrogens with one attached hydrogen (secondary N) is 1. The predicted molar refractivity (Wildman–Crippen MR) is 134 cm³/mol. The molecule has 1 amide bonds. The van der Waals surface area contributed by atoms with Gasteiger partial charge in [-0.2, -0.15) is 0 Å². The van der Waals surface area contributed by atoms with Crippen LogP contribution in [0.15, 0.2) is 35.9 Å². The van der Waals surface area contributed by atoms with Crippen LogP contribution in [-0.4, -0.2) is 43.0 Å². The molecule has 2 aliphatic rings. The summed E-state index contributed by atoms with van der Waals surface area (Å²) in [6, 6.07) is 7.80. The monoisotopic (exact) mass is 487 g/mol. The van der Waals surface area contributed by atoms with Crippen molar-refractivity contribution in [3.8, 4) is 5.75 Å². The van der Waals surface area contributed by atoms with Gasteiger partial charge < -0.3 is 24.6 Å². The fourth-order valence-corrected chi connectivity index (χ4v) is 5.98. The summed E-state index contributed by atoms with van der Waals surface area (Å²) in [7, 11) is 1.64. The first-order chi connectivity index (χ1) is 16.2. The Morgan fingerprint density at radius 1 is 1.11 bits per heavy atom. The van der Waals surface area contributed by atoms with E-state index >= 15 is 0 Å². The number of hydrogen-bond acceptors (Lipinski definition) is 5. The summed E-state index contributed by atoms with van der Waals surface area (Å²) in [5.41, 5.74) is 0.627. The molecule has 1 saturated carbocycles. The Morgan fingerprint density at radius 2 is 1.77 bits per heavy atom. The molecule has 0 radical (unpaired) electrons. The number of benzene rings is 1. The van der Waals surface area contributed by atoms with Gasteiger partial charge in [0.1, 0.15) is 11.4 Å². The maximum atomic E-state index is 12.5. The minimum Gasteiger partial charge on any atom is -0.497 e. The van der Waals surface area contributed by atoms with Crippen LogP contribution in [0, 0.1) is 28.6 Å². The zero-order chi connectivity index (χ0) is 26.0. The van der Waals surface area contributed by atoms with E-state index < -0.39 is 34.4 Å². The maximum Gasteiger partial charge on any atom is 0.407 e. The molecule has 7 nitrogen and oxygen atoms in total. The van der Waals surface area contributed by atoms with E-state index in [1.165, 1.54) is 5.57 Å². The molecule has 4 atom stereocenters. The van der Waals surface area contributed by atoms with Gasteiger partial charge in [-0.1, -0.05) is 39.0 Å². The number of aliphatic carboxylic acids is 1. The van der Waals surface area contributed by atoms with Gasteiger partial charge in [0.2, 0.25) is 0 Å². The van der Waals surface area contributed by atoms with E-state index in [0.29, 0.717) is 19.1 Å². The number of fused-ring (bicyclic) bond motifs is 1. The number of methoxy groups -OCH3 is 1. The minimum absolute atomic E-state index is 0.0809. The van der Waals surface area contributed by atoms with Gasteiger partial charge in [-0.15, -0.1) is 0 Å². The first-order valence-corrected chi connectivity index (χ1v) is 12.3. The number of rotatable bonds is 9. The molecule has 3 rings (SSSR count). The van der Waals surface area contributed by atoms with Crippen LogP contribution in [0.3, 0.4) is 0 Å². The highest BCUT2D eigenvalue weighted by molar-refractivity contribution is 5.73. The number of alkyl carbamates (subject to hydrolysis) is 1. The lowest BCUT2D eigenvalue weighted by atomic mass is 9.46. The summed E-state index contributed by atoms with van der Waals surface area (Å²) in [6.07, 6.45) is 3.35. The number of carbonyl (C=O) groups is 2. The lowest BCUT2D eigenvalue weighted by molar-refractivity contribution is -0.167. The van der Waals surface area contributed by atoms with Crippen LogP contribution >= 0.6 is 0 Å². The zero-order valence-electron chi connectivity index (χ0n) is 22.1. The van der Waals surface area contributed by atoms with Crippen LogP contribution in [0.5, 0.6) is 5.75 Å². The number of carboxylic acids is 1. The van der Waals surface area contributed by atoms with Gasteiger partial charge in [-0.3, -0.25) is 4.79 Å². The standard InChI is InChI=1S/C28H41NO6/c1-26(2,3)23(24(30)31)28(17-29-25(32)35-27(4,5)6)14-20-12-19(13-22(20)28)16-34-15-18-8-10-21(33-7)11-9-18/h8-11,13,20,22-23H,12,14-17H2,1-7H3,(H,29,32)(H,30,31)/t20-,22-,23?,28-/m0/s1. The first kappa shape index (κ1) is 27.1. The maximum absolute atomic E-state index is 12.5. The molecule has 1 fully saturated rings. The average Bonchev–Trinajstić information content (AvgIpc) is 3.06. The molecule has 2 N–H and O–H groups in total. The Kier molecular flexibility index (Phi) is 7.89. The van der Waals surface area contributed by atoms with Gasteiger partial charge >= 0.3 is 12.1 Å². The molecular weight excluding hydrogens is 446 g/mol. The molecule has 0 aromatic heterocycles. The molecule has 2 aliphatic carbocycles. The number of carbonyl (C=O) groups excluding carboxylic acids is 1. The Labute approximate surface area is 209 Å². The topological polar surface area (TPSA) is 94.1 Å². The van der Waals surface area contributed by atoms with Crippen LogP contribution in [0.4, 0.5) is 4.79 Å². The van der Waals surface area contributed by atoms with E-state index in [2.05, 4.69) is 11.4 Å². The third kappa shape index (κ3) is 6.37. The van der Waals surface area contributed by atoms with E-state index in [-0.39, 0.29) is 12.5 Å². The molecule has 7 heteroatoms. The molecule has 0 spiro atoms. The fourth-order valence-electron chi connectivity index (χ4n) is 5.98. The molecule has 1 unspecified atom stereocenters. The molecule has 35 heavy (non-hydrogen) atoms. The van der Waals surface area contributed by atoms with Crippen molar-refractivity contribution < 1.29 is 28.9 Å². The van der Waals surface area contributed by atoms with E-state index in [0.717, 1.165) is 24.2 Å². The first-order valence-electron chi connectivity index (χ1n) is 12.3. The minimum atomic E-state index is -0.820. The summed E-state index contributed by atoms with van der Waals surface area (Å²) >= 11 is 0. The van der Waals surface area contributed by atoms with Crippen LogP contribution in [-0.2, 0) is 20.9 Å². The summed E-state index contributed by atoms with van der Waals surface area (Å²) < 4.78 is 16.6. The quantitative estimate of drug-likeness (QED) is 0.451. The van der Waals surface area contributed by atoms with Gasteiger partial charge in [0.15, 0.2) is 0 Å². The van der Waals surface area contributed by atoms with Gasteiger partial charge in [0.05, 0.1) is 26.2 Å². The van der Waals surface area contributed by atoms with Crippen LogP contribution < -0.4 is 10.1 Å². The number of hydrogen-bond donors (Lipinski definition) is 2. The lowest BCUT2D eigenvalue weighted by Gasteiger charge is -2.58. The SMILES string of the molecule is COc1ccc(COCC2=C[C@H]3[C@@H](C2)C[C@@]3(CNC(=O)OC(C)(C)C)C(C(=O)O)C(C)(C)C)cc1. The van der Waals surface area contributed by atoms with E-state index in [1.807, 2.05) is 65.8 Å². The van der Waals surface area contributed by atoms with Crippen molar-refractivity contribution >= 4 is 12.1 Å². The zero-order valence-corrected chi connectivity index (χ0v) is 22.1. The molecule has 194 valence electrons. The van der Waals surface area contributed by atoms with Crippen molar-refractivity contribution in [1.82, 2.24) is 5.32 Å². The molecule has 1 aromatic rings. The molecular formula is C28H41NO6. The van der Waals surface area contributed by atoms with Gasteiger partial charge in [0.25, 0.3) is 0 Å². The van der Waals surface area contributed by atoms with Crippen molar-refractivity contribution in [3.63, 3.8) is 0 Å². The summed E-state index contributed by atoms with van der Waals surface area (Å²) in [4.78, 5) is 24.9. The van der Waals surface area contributed by atoms with Gasteiger partial charge in [-0.25, -0.2) is 4.79 Å². The molecule has 0 saturated heterocycles. The van der Waals surface area contributed by atoms with E-state index in [9.17, 15) is 14.7 Å². The fraction of sp³-hybridized carbons (Fsp3) is 0.643. The summed E-state index contributed by atoms with van der Waals surface area (Å²) in [6.45, 7) is 12.6. The number of allylic oxidation sites excluding steroid dienone is 1. The lowest BCUT2D eigenvalue weighted by Crippen LogP contribution is -2.61. The third-order valence-corrected chi connectivity index (χ3v) is 7.12. The normalized spacial score (nSPS) is 24.6. The largest absolute Gasteiger partial charge is 0.497 e. The van der Waals surface area contributed by atoms with E-state index in [4.69, 9.17) is 14.2 Å². The van der Waals surface area contributed by atoms with Crippen molar-refractivity contribution in [2.45, 2.75) is 66.6 Å². The van der Waals surface area contributed by atoms with Gasteiger partial charge in [-0.05, 0) is 74.1 Å². The molecule has 0 aliphatic heterocycles. The predicted octanol–water partition coefficient (Wildman–Crippen LogP) is 5.44. The van der Waals surface area contributed by atoms with Crippen LogP contribution in [0.25, 0.3) is 0 Å². The molecule has 1 aromatic carbocycles. The van der Waals surface area contributed by atoms with Crippen LogP contribution in [0.1, 0.15) is 59.9 Å². The second kappa shape index (κ2) is 10.2. The number of amides is 1. The smallest absolute Gasteiger partial charge is 0.407 e. The number of carboxylic acid groups (broad SMARTS) is 1. The highest BCUT2D eigenvalue weighted by Gasteiger charge is 2.63. The number of ether oxygens (including phenoxy) is 3. The summed E-state index contributed by atoms with van der Waals surface area (Å²) in [5.74, 6) is -0.162. The third-order valence-electron chi connectivity index (χ3n) is 7.12. The Bertz CT molecular complexity index is 940. The molecule has 0 heterocycles. The highest BCUT2D eigenvalue weighted by Crippen LogP contribution is 2.64. The second-order valence-corrected chi connectivity index (χ2v) is 12.1. The van der Waals surface area contributed by atoms with Crippen molar-refractivity contribution in [1.29, 1.82) is 0 Å². The summed E-state index contributed by atoms with van der Waals surface area (Å²) in [5, 5.41) is 13.1. The highest BCUT2D eigenvalue weighted by atomic mass is 16.6. The Balaban J connectivity index is 1.72. The van der Waals surface area contributed by atoms with Gasteiger partial charge in [0, 0.05) is 12.0 Å².